The van der Waals surface area contributed by atoms with Gasteiger partial charge in [-0.15, -0.1) is 0 Å². The van der Waals surface area contributed by atoms with Gasteiger partial charge in [0.15, 0.2) is 0 Å². The summed E-state index contributed by atoms with van der Waals surface area (Å²) in [6, 6.07) is 28.4. The van der Waals surface area contributed by atoms with Crippen molar-refractivity contribution in [1.29, 1.82) is 0 Å². The molecular weight excluding hydrogens is 1440 g/mol. The Morgan fingerprint density at radius 1 is 0.304 bits per heavy atom. The molecule has 0 fully saturated rings. The molecule has 0 unspecified atom stereocenters. The number of anilines is 12. The molecule has 0 atom stereocenters. The number of hydrogen-bond acceptors (Lipinski definition) is 32. The molecule has 0 spiro atoms. The Kier molecular flexibility index (Phi) is 31.2. The van der Waals surface area contributed by atoms with Gasteiger partial charge in [0.2, 0.25) is 75.8 Å². The molecule has 8 rings (SSSR count). The summed E-state index contributed by atoms with van der Waals surface area (Å²) in [6.07, 6.45) is 0. The summed E-state index contributed by atoms with van der Waals surface area (Å²) in [6.45, 7) is -7.13. The third-order valence-electron chi connectivity index (χ3n) is 14.3. The van der Waals surface area contributed by atoms with Crippen LogP contribution in [0.5, 0.6) is 0 Å². The normalized spacial score (nSPS) is 11.8. The topological polar surface area (TPSA) is 541 Å². The maximum Gasteiger partial charge on any atom is 1.00 e. The smallest absolute Gasteiger partial charge is 0.545 e. The van der Waals surface area contributed by atoms with Crippen molar-refractivity contribution in [1.82, 2.24) is 47.1 Å². The van der Waals surface area contributed by atoms with E-state index < -0.39 is 116 Å². The van der Waals surface area contributed by atoms with Gasteiger partial charge < -0.3 is 92.6 Å². The number of carbonyl (C=O) groups excluding carboxylic acids is 2. The fourth-order valence-electron chi connectivity index (χ4n) is 9.75. The molecule has 534 valence electrons. The van der Waals surface area contributed by atoms with E-state index in [9.17, 15) is 94.3 Å². The Labute approximate surface area is 629 Å². The molecule has 0 saturated carbocycles. The first-order valence-corrected chi connectivity index (χ1v) is 35.7. The molecule has 0 radical (unpaired) electrons. The predicted molar refractivity (Wildman–Crippen MR) is 357 cm³/mol. The number of aliphatic hydroxyl groups is 8. The van der Waals surface area contributed by atoms with Gasteiger partial charge in [-0.1, -0.05) is 36.4 Å². The van der Waals surface area contributed by atoms with E-state index in [1.807, 2.05) is 0 Å². The maximum atomic E-state index is 13.6. The van der Waals surface area contributed by atoms with Crippen LogP contribution < -0.4 is 101 Å². The second-order valence-electron chi connectivity index (χ2n) is 21.0. The zero-order valence-corrected chi connectivity index (χ0v) is 61.9. The zero-order chi connectivity index (χ0) is 72.4. The molecule has 102 heavy (non-hydrogen) atoms. The van der Waals surface area contributed by atoms with Gasteiger partial charge in [-0.2, -0.15) is 47.1 Å². The van der Waals surface area contributed by atoms with Crippen molar-refractivity contribution in [2.45, 2.75) is 19.6 Å². The van der Waals surface area contributed by atoms with E-state index in [0.29, 0.717) is 0 Å². The summed E-state index contributed by atoms with van der Waals surface area (Å²) in [4.78, 5) is 51.6. The number of hydrogen-bond donors (Lipinski definition) is 14. The van der Waals surface area contributed by atoms with E-state index in [1.165, 1.54) is 121 Å². The molecule has 0 aliphatic heterocycles. The third kappa shape index (κ3) is 21.3. The number of carbonyl (C=O) groups is 2. The molecule has 36 nitrogen and oxygen atoms in total. The summed E-state index contributed by atoms with van der Waals surface area (Å²) >= 11 is 0. The Morgan fingerprint density at radius 3 is 0.667 bits per heavy atom. The molecule has 0 aliphatic rings. The van der Waals surface area contributed by atoms with Gasteiger partial charge in [-0.05, 0) is 108 Å². The fourth-order valence-corrected chi connectivity index (χ4v) is 15.6. The number of benzene rings is 6. The third-order valence-corrected chi connectivity index (χ3v) is 21.8. The van der Waals surface area contributed by atoms with Crippen LogP contribution in [0.4, 0.5) is 69.8 Å². The van der Waals surface area contributed by atoms with Crippen LogP contribution in [-0.2, 0) is 40.1 Å². The van der Waals surface area contributed by atoms with Crippen molar-refractivity contribution >= 4 is 122 Å². The number of sulfonamides is 4. The standard InChI is InChI=1S/C60H70N16O20S4.2Na/c77-25-17-73(18-26-78)97(89,90)45-9-1-5-39(33-45)61-55-67-56(62-40-6-2-10-46(34-40)98(91,92)74(19-27-79)20-28-80)70-59(69-55)65-43-13-15-49(51(37-43)53(85)86)50-16-14-44(38-52(50)54(87)88)66-60-71-57(63-41-7-3-11-47(35-41)99(93,94)75(21-29-81)22-30-82)68-58(72-60)64-42-8-4-12-48(36-42)100(95,96)76(23-31-83)24-32-84;;/h1-16,33-38,77-84H,17-32H2,(H,85,86)(H,87,88)(H3,61,62,65,67,69,70)(H3,63,64,66,68,71,72);;/q;2*+1/p-2. The van der Waals surface area contributed by atoms with Crippen molar-refractivity contribution in [3.63, 3.8) is 0 Å². The molecule has 0 saturated heterocycles. The van der Waals surface area contributed by atoms with E-state index in [1.54, 1.807) is 0 Å². The van der Waals surface area contributed by atoms with Crippen LogP contribution in [0.25, 0.3) is 11.1 Å². The molecule has 0 bridgehead atoms. The van der Waals surface area contributed by atoms with Crippen molar-refractivity contribution < 1.29 is 153 Å². The largest absolute Gasteiger partial charge is 1.00 e. The first kappa shape index (κ1) is 83.3. The monoisotopic (exact) mass is 1510 g/mol. The Balaban J connectivity index is 0.00000818. The summed E-state index contributed by atoms with van der Waals surface area (Å²) < 4.78 is 112. The molecule has 2 heterocycles. The Morgan fingerprint density at radius 2 is 0.490 bits per heavy atom. The average Bonchev–Trinajstić information content (AvgIpc) is 0.811. The summed E-state index contributed by atoms with van der Waals surface area (Å²) in [5, 5.41) is 120. The van der Waals surface area contributed by atoms with Crippen LogP contribution in [0.1, 0.15) is 20.7 Å². The van der Waals surface area contributed by atoms with Crippen molar-refractivity contribution in [3.8, 4) is 11.1 Å². The number of aliphatic hydroxyl groups excluding tert-OH is 8. The molecular formula is C60H68N16Na2O20S4. The number of rotatable bonds is 39. The molecule has 42 heteroatoms. The summed E-state index contributed by atoms with van der Waals surface area (Å²) in [7, 11) is -17.2. The summed E-state index contributed by atoms with van der Waals surface area (Å²) in [5.41, 5.74) is -1.39. The van der Waals surface area contributed by atoms with Crippen LogP contribution in [-0.4, -0.2) is 239 Å². The molecule has 0 aliphatic carbocycles. The number of aromatic nitrogens is 6. The van der Waals surface area contributed by atoms with Crippen LogP contribution in [0.2, 0.25) is 0 Å². The SMILES string of the molecule is O=C([O-])c1cc(Nc2nc(Nc3cccc(S(=O)(=O)N(CCO)CCO)c3)nc(Nc3cccc(S(=O)(=O)N(CCO)CCO)c3)n2)ccc1-c1ccc(Nc2nc(Nc3cccc(S(=O)(=O)N(CCO)CCO)c3)nc(Nc3cccc(S(=O)(=O)N(CCO)CCO)c3)n2)cc1C(=O)[O-].[Na+].[Na+]. The van der Waals surface area contributed by atoms with Gasteiger partial charge in [-0.3, -0.25) is 0 Å². The average molecular weight is 1510 g/mol. The second-order valence-corrected chi connectivity index (χ2v) is 28.7. The van der Waals surface area contributed by atoms with E-state index in [4.69, 9.17) is 0 Å². The molecule has 14 N–H and O–H groups in total. The van der Waals surface area contributed by atoms with Crippen LogP contribution >= 0.6 is 0 Å². The summed E-state index contributed by atoms with van der Waals surface area (Å²) in [5.74, 6) is -5.44. The number of aromatic carboxylic acids is 2. The molecule has 6 aromatic carbocycles. The van der Waals surface area contributed by atoms with E-state index >= 15 is 0 Å². The number of carboxylic acid groups (broad SMARTS) is 2. The van der Waals surface area contributed by atoms with E-state index in [0.717, 1.165) is 29.4 Å². The van der Waals surface area contributed by atoms with Gasteiger partial charge in [0, 0.05) is 97.6 Å². The fraction of sp³-hybridized carbons (Fsp3) is 0.267. The Bertz CT molecular complexity index is 4170. The number of nitrogens with zero attached hydrogens (tertiary/aromatic N) is 10. The van der Waals surface area contributed by atoms with Crippen LogP contribution in [0.15, 0.2) is 153 Å². The molecule has 2 aromatic heterocycles. The van der Waals surface area contributed by atoms with Crippen LogP contribution in [0, 0.1) is 0 Å². The van der Waals surface area contributed by atoms with Crippen LogP contribution in [0.3, 0.4) is 0 Å². The quantitative estimate of drug-likeness (QED) is 0.0159. The van der Waals surface area contributed by atoms with Gasteiger partial charge in [0.05, 0.1) is 84.4 Å². The molecule has 0 amide bonds. The van der Waals surface area contributed by atoms with Gasteiger partial charge >= 0.3 is 59.1 Å². The minimum absolute atomic E-state index is 0. The maximum absolute atomic E-state index is 13.6. The number of nitrogens with one attached hydrogen (secondary N) is 6. The van der Waals surface area contributed by atoms with Gasteiger partial charge in [0.25, 0.3) is 0 Å². The molecule has 8 aromatic rings. The van der Waals surface area contributed by atoms with Gasteiger partial charge in [-0.25, -0.2) is 33.7 Å². The number of carboxylic acids is 2. The zero-order valence-electron chi connectivity index (χ0n) is 54.6. The minimum atomic E-state index is -4.30. The van der Waals surface area contributed by atoms with Crippen molar-refractivity contribution in [2.75, 3.05) is 137 Å². The predicted octanol–water partition coefficient (Wildman–Crippen LogP) is -7.18. The minimum Gasteiger partial charge on any atom is -0.545 e. The second kappa shape index (κ2) is 38.2. The van der Waals surface area contributed by atoms with Gasteiger partial charge in [0.1, 0.15) is 0 Å². The van der Waals surface area contributed by atoms with E-state index in [2.05, 4.69) is 61.8 Å². The Hall–Kier alpha value is -7.60. The first-order chi connectivity index (χ1) is 47.8. The van der Waals surface area contributed by atoms with Crippen molar-refractivity contribution in [3.05, 3.63) is 145 Å². The first-order valence-electron chi connectivity index (χ1n) is 30.0. The van der Waals surface area contributed by atoms with Crippen molar-refractivity contribution in [2.24, 2.45) is 0 Å². The van der Waals surface area contributed by atoms with E-state index in [-0.39, 0.29) is 212 Å².